The highest BCUT2D eigenvalue weighted by Gasteiger charge is 2.54. The van der Waals surface area contributed by atoms with Crippen LogP contribution in [0.1, 0.15) is 59.3 Å². The molecule has 0 unspecified atom stereocenters. The summed E-state index contributed by atoms with van der Waals surface area (Å²) in [7, 11) is 0. The second-order valence-electron chi connectivity index (χ2n) is 21.1. The Kier molecular flexibility index (Phi) is 27.3. The van der Waals surface area contributed by atoms with Crippen LogP contribution in [0, 0.1) is 11.8 Å². The molecule has 2 saturated heterocycles. The van der Waals surface area contributed by atoms with Gasteiger partial charge < -0.3 is 42.5 Å². The van der Waals surface area contributed by atoms with Gasteiger partial charge in [-0.15, -0.1) is 0 Å². The summed E-state index contributed by atoms with van der Waals surface area (Å²) in [5.41, 5.74) is 4.51. The van der Waals surface area contributed by atoms with Crippen molar-refractivity contribution < 1.29 is 49.5 Å². The molecule has 3 amide bonds. The predicted molar refractivity (Wildman–Crippen MR) is 366 cm³/mol. The van der Waals surface area contributed by atoms with Crippen LogP contribution in [0.2, 0.25) is 15.5 Å². The van der Waals surface area contributed by atoms with Gasteiger partial charge in [0, 0.05) is 104 Å². The molecule has 4 fully saturated rings. The minimum atomic E-state index is -4.55. The maximum Gasteiger partial charge on any atom is 0.397 e. The standard InChI is InChI=1S/C21H22FN7OS2.C15H10ClF3N6OS2.C13H8Cl2F3N3OS.C6H10FN.C2H3N3S.CH4/c1-2-18(30)25-14-5-7-15(8-6-14)31-20-27-16(26-19-23-12-24-32-19)9-17(28-20)29-10-21(22,11-29)13-3-4-13;16-10-5-11(24-13-20-7-21-28-13)25-14(23-10)27-9-3-1-8(2-4-9)22-12(26)6-15(17,18)19;14-9-5-10(15)21-12(20-9)23-8-3-1-7(2-4-8)19-11(22)6-13(16,17)18;7-6(3-8-4-6)5-1-2-5;3-2-4-1-5-6-2;/h5-9,12-13H,2-4,10-11H2,1H3,(H,25,30)(H,23,24,26,27,28);1-5,7H,6H2,(H,22,26)(H,20,21,23,24,25);1-5H,6H2,(H,19,22);5,8H,1-4H2;1H,(H2,3,4,5);1H4. The first-order chi connectivity index (χ1) is 46.2. The van der Waals surface area contributed by atoms with Gasteiger partial charge in [-0.3, -0.25) is 14.4 Å². The van der Waals surface area contributed by atoms with E-state index in [0.717, 1.165) is 47.8 Å². The number of amides is 3. The fourth-order valence-electron chi connectivity index (χ4n) is 8.49. The molecular formula is C58H57Cl3F8N20O3S6. The Hall–Kier alpha value is -7.49. The maximum absolute atomic E-state index is 14.9. The second-order valence-corrected chi connectivity index (χ2v) is 27.8. The summed E-state index contributed by atoms with van der Waals surface area (Å²) in [4.78, 5) is 75.8. The first-order valence-corrected chi connectivity index (χ1v) is 34.5. The highest BCUT2D eigenvalue weighted by molar-refractivity contribution is 7.99. The Bertz CT molecular complexity index is 4020. The van der Waals surface area contributed by atoms with Crippen LogP contribution in [-0.2, 0) is 14.4 Å². The third-order valence-electron chi connectivity index (χ3n) is 13.4. The molecule has 8 N–H and O–H groups in total. The normalized spacial score (nSPS) is 14.8. The Morgan fingerprint density at radius 3 is 1.30 bits per heavy atom. The van der Waals surface area contributed by atoms with Crippen molar-refractivity contribution in [3.05, 3.63) is 125 Å². The fraction of sp³-hybridized carbons (Fsp3) is 0.328. The van der Waals surface area contributed by atoms with Crippen LogP contribution >= 0.6 is 105 Å². The fourth-order valence-corrected chi connectivity index (χ4v) is 12.7. The first kappa shape index (κ1) is 76.3. The molecule has 2 saturated carbocycles. The van der Waals surface area contributed by atoms with Gasteiger partial charge in [0.05, 0.1) is 13.1 Å². The van der Waals surface area contributed by atoms with Crippen molar-refractivity contribution in [2.75, 3.05) is 63.4 Å². The molecule has 520 valence electrons. The Balaban J connectivity index is 0.000000170. The molecule has 23 nitrogen and oxygen atoms in total. The van der Waals surface area contributed by atoms with Crippen LogP contribution in [-0.4, -0.2) is 126 Å². The molecule has 2 aliphatic heterocycles. The van der Waals surface area contributed by atoms with Gasteiger partial charge in [0.15, 0.2) is 20.6 Å². The summed E-state index contributed by atoms with van der Waals surface area (Å²) in [5.74, 6) is 0.0538. The predicted octanol–water partition coefficient (Wildman–Crippen LogP) is 15.6. The zero-order chi connectivity index (χ0) is 69.3. The number of nitrogens with zero attached hydrogens (tertiary/aromatic N) is 13. The number of nitrogens with one attached hydrogen (secondary N) is 6. The molecule has 98 heavy (non-hydrogen) atoms. The van der Waals surface area contributed by atoms with Gasteiger partial charge in [0.25, 0.3) is 0 Å². The molecule has 13 rings (SSSR count). The van der Waals surface area contributed by atoms with Crippen LogP contribution in [0.15, 0.2) is 140 Å². The number of halogens is 11. The quantitative estimate of drug-likeness (QED) is 0.0225. The Morgan fingerprint density at radius 1 is 0.561 bits per heavy atom. The molecular weight excluding hydrogens is 1480 g/mol. The number of nitrogen functional groups attached to an aromatic ring is 1. The van der Waals surface area contributed by atoms with Crippen molar-refractivity contribution in [3.8, 4) is 0 Å². The lowest BCUT2D eigenvalue weighted by Crippen LogP contribution is -2.60. The zero-order valence-electron chi connectivity index (χ0n) is 50.0. The summed E-state index contributed by atoms with van der Waals surface area (Å²) in [6.45, 7) is 3.76. The van der Waals surface area contributed by atoms with Gasteiger partial charge in [-0.1, -0.05) is 49.2 Å². The molecule has 3 aromatic carbocycles. The minimum Gasteiger partial charge on any atom is -0.374 e. The number of aromatic nitrogens is 12. The Labute approximate surface area is 594 Å². The van der Waals surface area contributed by atoms with Crippen LogP contribution in [0.4, 0.5) is 85.0 Å². The summed E-state index contributed by atoms with van der Waals surface area (Å²) < 4.78 is 112. The van der Waals surface area contributed by atoms with Crippen molar-refractivity contribution in [2.24, 2.45) is 11.8 Å². The van der Waals surface area contributed by atoms with Crippen molar-refractivity contribution in [2.45, 2.75) is 113 Å². The highest BCUT2D eigenvalue weighted by atomic mass is 35.5. The molecule has 2 aliphatic carbocycles. The number of rotatable bonds is 19. The lowest BCUT2D eigenvalue weighted by atomic mass is 9.91. The topological polar surface area (TPSA) is 307 Å². The number of carbonyl (C=O) groups excluding carboxylic acids is 3. The number of benzene rings is 3. The maximum atomic E-state index is 14.9. The number of alkyl halides is 8. The monoisotopic (exact) mass is 1530 g/mol. The van der Waals surface area contributed by atoms with Gasteiger partial charge in [-0.25, -0.2) is 53.6 Å². The molecule has 8 heterocycles. The molecule has 0 bridgehead atoms. The van der Waals surface area contributed by atoms with E-state index in [1.807, 2.05) is 42.2 Å². The summed E-state index contributed by atoms with van der Waals surface area (Å²) in [6, 6.07) is 24.6. The average Bonchev–Trinajstić information content (AvgIpc) is 1.51. The number of carbonyl (C=O) groups is 3. The number of nitrogens with two attached hydrogens (primary N) is 1. The largest absolute Gasteiger partial charge is 0.397 e. The second kappa shape index (κ2) is 35.0. The van der Waals surface area contributed by atoms with E-state index >= 15 is 0 Å². The third-order valence-corrected chi connectivity index (χ3v) is 18.2. The van der Waals surface area contributed by atoms with E-state index in [2.05, 4.69) is 89.9 Å². The lowest BCUT2D eigenvalue weighted by Gasteiger charge is -2.45. The van der Waals surface area contributed by atoms with Gasteiger partial charge in [-0.05, 0) is 146 Å². The number of hydrogen-bond acceptors (Lipinski definition) is 26. The van der Waals surface area contributed by atoms with Gasteiger partial charge in [0.2, 0.25) is 28.0 Å². The van der Waals surface area contributed by atoms with Gasteiger partial charge in [-0.2, -0.15) is 39.5 Å². The van der Waals surface area contributed by atoms with Crippen LogP contribution < -0.4 is 42.5 Å². The van der Waals surface area contributed by atoms with E-state index in [9.17, 15) is 49.5 Å². The minimum absolute atomic E-state index is 0. The van der Waals surface area contributed by atoms with Crippen molar-refractivity contribution >= 4 is 172 Å². The lowest BCUT2D eigenvalue weighted by molar-refractivity contribution is -0.151. The summed E-state index contributed by atoms with van der Waals surface area (Å²) >= 11 is 24.9. The van der Waals surface area contributed by atoms with E-state index in [-0.39, 0.29) is 46.1 Å². The van der Waals surface area contributed by atoms with E-state index in [1.54, 1.807) is 24.3 Å². The average molecular weight is 1530 g/mol. The van der Waals surface area contributed by atoms with Crippen molar-refractivity contribution in [1.29, 1.82) is 0 Å². The van der Waals surface area contributed by atoms with Crippen LogP contribution in [0.3, 0.4) is 0 Å². The SMILES string of the molecule is C.CCC(=O)Nc1ccc(Sc2nc(Nc3ncns3)cc(N3CC(F)(C4CC4)C3)n2)cc1.FC1(C2CC2)CNC1.Nc1ncns1.O=C(CC(F)(F)F)Nc1ccc(Sc2nc(Cl)cc(Cl)n2)cc1.O=C(CC(F)(F)F)Nc1ccc(Sc2nc(Cl)cc(Nc3ncns3)n2)cc1. The number of hydrogen-bond donors (Lipinski definition) is 7. The molecule has 40 heteroatoms. The summed E-state index contributed by atoms with van der Waals surface area (Å²) in [6.07, 6.45) is -3.21. The van der Waals surface area contributed by atoms with E-state index in [1.165, 1.54) is 114 Å². The zero-order valence-corrected chi connectivity index (χ0v) is 57.2. The number of anilines is 9. The molecule has 0 atom stereocenters. The van der Waals surface area contributed by atoms with Crippen molar-refractivity contribution in [1.82, 2.24) is 63.3 Å². The van der Waals surface area contributed by atoms with E-state index in [0.29, 0.717) is 96.6 Å². The Morgan fingerprint density at radius 2 is 0.949 bits per heavy atom. The molecule has 4 aliphatic rings. The van der Waals surface area contributed by atoms with Gasteiger partial charge in [0.1, 0.15) is 76.1 Å². The molecule has 6 aromatic heterocycles. The smallest absolute Gasteiger partial charge is 0.374 e. The van der Waals surface area contributed by atoms with Crippen LogP contribution in [0.5, 0.6) is 0 Å². The molecule has 9 aromatic rings. The van der Waals surface area contributed by atoms with Crippen LogP contribution in [0.25, 0.3) is 0 Å². The highest BCUT2D eigenvalue weighted by Crippen LogP contribution is 2.49. The van der Waals surface area contributed by atoms with E-state index in [4.69, 9.17) is 40.5 Å². The molecule has 0 radical (unpaired) electrons. The molecule has 0 spiro atoms. The van der Waals surface area contributed by atoms with Gasteiger partial charge >= 0.3 is 12.4 Å². The summed E-state index contributed by atoms with van der Waals surface area (Å²) in [5, 5.41) is 19.8. The van der Waals surface area contributed by atoms with Crippen molar-refractivity contribution in [3.63, 3.8) is 0 Å². The third kappa shape index (κ3) is 25.4. The first-order valence-electron chi connectivity index (χ1n) is 28.6. The van der Waals surface area contributed by atoms with E-state index < -0.39 is 48.3 Å².